The van der Waals surface area contributed by atoms with Crippen LogP contribution in [-0.4, -0.2) is 16.9 Å². The molecule has 7 heteroatoms. The van der Waals surface area contributed by atoms with Gasteiger partial charge in [-0.1, -0.05) is 18.2 Å². The van der Waals surface area contributed by atoms with Crippen LogP contribution in [0.1, 0.15) is 28.5 Å². The van der Waals surface area contributed by atoms with E-state index in [2.05, 4.69) is 27.6 Å². The Morgan fingerprint density at radius 2 is 1.96 bits per heavy atom. The van der Waals surface area contributed by atoms with E-state index in [0.717, 1.165) is 14.8 Å². The number of carbonyl (C=O) groups excluding carboxylic acids is 2. The number of rotatable bonds is 5. The van der Waals surface area contributed by atoms with Crippen LogP contribution in [-0.2, 0) is 16.1 Å². The van der Waals surface area contributed by atoms with Crippen LogP contribution >= 0.6 is 33.9 Å². The Balaban J connectivity index is 1.73. The van der Waals surface area contributed by atoms with Gasteiger partial charge >= 0.3 is 5.97 Å². The number of thiazole rings is 1. The number of esters is 1. The van der Waals surface area contributed by atoms with E-state index in [9.17, 15) is 9.59 Å². The summed E-state index contributed by atoms with van der Waals surface area (Å²) in [6, 6.07) is 14.9. The van der Waals surface area contributed by atoms with Gasteiger partial charge in [0.25, 0.3) is 0 Å². The molecule has 1 aromatic heterocycles. The van der Waals surface area contributed by atoms with Gasteiger partial charge in [-0.2, -0.15) is 0 Å². The molecule has 0 bridgehead atoms. The first-order chi connectivity index (χ1) is 12.9. The summed E-state index contributed by atoms with van der Waals surface area (Å²) in [5, 5.41) is 2.34. The van der Waals surface area contributed by atoms with E-state index in [4.69, 9.17) is 4.74 Å². The summed E-state index contributed by atoms with van der Waals surface area (Å²) < 4.78 is 6.31. The summed E-state index contributed by atoms with van der Waals surface area (Å²) in [5.41, 5.74) is 2.93. The number of benzene rings is 2. The van der Waals surface area contributed by atoms with Crippen molar-refractivity contribution in [3.05, 3.63) is 74.3 Å². The second kappa shape index (κ2) is 8.62. The summed E-state index contributed by atoms with van der Waals surface area (Å²) in [7, 11) is 0. The molecule has 0 aliphatic carbocycles. The second-order valence-electron chi connectivity index (χ2n) is 5.90. The van der Waals surface area contributed by atoms with Crippen LogP contribution in [0.3, 0.4) is 0 Å². The average molecular weight is 492 g/mol. The van der Waals surface area contributed by atoms with Gasteiger partial charge in [-0.3, -0.25) is 9.69 Å². The monoisotopic (exact) mass is 492 g/mol. The molecule has 3 aromatic rings. The van der Waals surface area contributed by atoms with Crippen molar-refractivity contribution in [1.82, 2.24) is 4.98 Å². The molecule has 0 spiro atoms. The lowest BCUT2D eigenvalue weighted by molar-refractivity contribution is -0.115. The lowest BCUT2D eigenvalue weighted by Crippen LogP contribution is -2.22. The number of halogens is 1. The summed E-state index contributed by atoms with van der Waals surface area (Å²) in [6.45, 7) is 3.53. The van der Waals surface area contributed by atoms with Crippen LogP contribution < -0.4 is 4.90 Å². The van der Waals surface area contributed by atoms with Crippen LogP contribution in [0.2, 0.25) is 0 Å². The minimum Gasteiger partial charge on any atom is -0.456 e. The molecule has 0 saturated carbocycles. The third-order valence-electron chi connectivity index (χ3n) is 3.72. The maximum atomic E-state index is 12.2. The number of aryl methyl sites for hydroxylation is 1. The van der Waals surface area contributed by atoms with Gasteiger partial charge in [0.05, 0.1) is 16.9 Å². The number of amides is 1. The normalized spacial score (nSPS) is 10.5. The van der Waals surface area contributed by atoms with Gasteiger partial charge in [0.1, 0.15) is 6.61 Å². The summed E-state index contributed by atoms with van der Waals surface area (Å²) >= 11 is 3.49. The Kier molecular flexibility index (Phi) is 6.22. The predicted octanol–water partition coefficient (Wildman–Crippen LogP) is 5.10. The Bertz CT molecular complexity index is 987. The minimum atomic E-state index is -0.398. The van der Waals surface area contributed by atoms with E-state index < -0.39 is 5.97 Å². The van der Waals surface area contributed by atoms with E-state index >= 15 is 0 Å². The van der Waals surface area contributed by atoms with Crippen LogP contribution in [0.4, 0.5) is 10.8 Å². The molecule has 27 heavy (non-hydrogen) atoms. The molecule has 0 aliphatic rings. The number of hydrogen-bond donors (Lipinski definition) is 0. The van der Waals surface area contributed by atoms with Gasteiger partial charge < -0.3 is 4.74 Å². The molecule has 1 amide bonds. The molecule has 0 fully saturated rings. The number of anilines is 2. The van der Waals surface area contributed by atoms with Crippen molar-refractivity contribution in [3.63, 3.8) is 0 Å². The molecule has 0 unspecified atom stereocenters. The van der Waals surface area contributed by atoms with Gasteiger partial charge in [0, 0.05) is 15.9 Å². The van der Waals surface area contributed by atoms with Crippen molar-refractivity contribution >= 4 is 56.6 Å². The van der Waals surface area contributed by atoms with E-state index in [1.165, 1.54) is 18.3 Å². The molecular weight excluding hydrogens is 475 g/mol. The zero-order valence-electron chi connectivity index (χ0n) is 14.8. The molecule has 0 aliphatic heterocycles. The molecule has 3 rings (SSSR count). The van der Waals surface area contributed by atoms with Crippen molar-refractivity contribution in [2.45, 2.75) is 20.5 Å². The van der Waals surface area contributed by atoms with Crippen molar-refractivity contribution in [2.75, 3.05) is 4.90 Å². The standard InChI is InChI=1S/C20H17IN2O3S/c1-13-5-3-8-18(9-13)23(14(2)24)20-22-17(12-27-20)11-26-19(25)15-6-4-7-16(21)10-15/h3-10,12H,11H2,1-2H3. The Hall–Kier alpha value is -2.26. The number of hydrogen-bond acceptors (Lipinski definition) is 5. The van der Waals surface area contributed by atoms with Crippen molar-refractivity contribution < 1.29 is 14.3 Å². The third kappa shape index (κ3) is 4.92. The summed E-state index contributed by atoms with van der Waals surface area (Å²) in [5.74, 6) is -0.525. The van der Waals surface area contributed by atoms with Crippen LogP contribution in [0.15, 0.2) is 53.9 Å². The topological polar surface area (TPSA) is 59.5 Å². The lowest BCUT2D eigenvalue weighted by Gasteiger charge is -2.18. The highest BCUT2D eigenvalue weighted by molar-refractivity contribution is 14.1. The molecule has 0 atom stereocenters. The van der Waals surface area contributed by atoms with Gasteiger partial charge in [-0.05, 0) is 65.4 Å². The van der Waals surface area contributed by atoms with Crippen molar-refractivity contribution in [3.8, 4) is 0 Å². The summed E-state index contributed by atoms with van der Waals surface area (Å²) in [6.07, 6.45) is 0. The average Bonchev–Trinajstić information content (AvgIpc) is 3.08. The highest BCUT2D eigenvalue weighted by atomic mass is 127. The van der Waals surface area contributed by atoms with Crippen LogP contribution in [0.5, 0.6) is 0 Å². The van der Waals surface area contributed by atoms with Crippen LogP contribution in [0, 0.1) is 10.5 Å². The van der Waals surface area contributed by atoms with E-state index in [0.29, 0.717) is 16.4 Å². The molecule has 0 radical (unpaired) electrons. The second-order valence-corrected chi connectivity index (χ2v) is 7.98. The fourth-order valence-electron chi connectivity index (χ4n) is 2.50. The maximum Gasteiger partial charge on any atom is 0.338 e. The quantitative estimate of drug-likeness (QED) is 0.368. The third-order valence-corrected chi connectivity index (χ3v) is 5.26. The predicted molar refractivity (Wildman–Crippen MR) is 114 cm³/mol. The van der Waals surface area contributed by atoms with Crippen LogP contribution in [0.25, 0.3) is 0 Å². The van der Waals surface area contributed by atoms with Crippen molar-refractivity contribution in [2.24, 2.45) is 0 Å². The highest BCUT2D eigenvalue weighted by Gasteiger charge is 2.18. The number of aromatic nitrogens is 1. The van der Waals surface area contributed by atoms with E-state index in [-0.39, 0.29) is 12.5 Å². The van der Waals surface area contributed by atoms with Gasteiger partial charge in [0.15, 0.2) is 5.13 Å². The zero-order chi connectivity index (χ0) is 19.4. The number of nitrogens with zero attached hydrogens (tertiary/aromatic N) is 2. The van der Waals surface area contributed by atoms with Gasteiger partial charge in [0.2, 0.25) is 5.91 Å². The molecule has 0 saturated heterocycles. The molecule has 2 aromatic carbocycles. The Labute approximate surface area is 175 Å². The molecule has 0 N–H and O–H groups in total. The van der Waals surface area contributed by atoms with Crippen molar-refractivity contribution in [1.29, 1.82) is 0 Å². The number of ether oxygens (including phenoxy) is 1. The fraction of sp³-hybridized carbons (Fsp3) is 0.150. The maximum absolute atomic E-state index is 12.2. The first-order valence-electron chi connectivity index (χ1n) is 8.18. The smallest absolute Gasteiger partial charge is 0.338 e. The SMILES string of the molecule is CC(=O)N(c1cccc(C)c1)c1nc(COC(=O)c2cccc(I)c2)cs1. The van der Waals surface area contributed by atoms with E-state index in [1.54, 1.807) is 22.4 Å². The Morgan fingerprint density at radius 3 is 2.67 bits per heavy atom. The number of carbonyl (C=O) groups is 2. The lowest BCUT2D eigenvalue weighted by atomic mass is 10.2. The highest BCUT2D eigenvalue weighted by Crippen LogP contribution is 2.29. The van der Waals surface area contributed by atoms with E-state index in [1.807, 2.05) is 43.3 Å². The first kappa shape index (κ1) is 19.5. The molecule has 138 valence electrons. The first-order valence-corrected chi connectivity index (χ1v) is 10.1. The molecular formula is C20H17IN2O3S. The largest absolute Gasteiger partial charge is 0.456 e. The zero-order valence-corrected chi connectivity index (χ0v) is 17.8. The molecule has 1 heterocycles. The Morgan fingerprint density at radius 1 is 1.19 bits per heavy atom. The molecule has 5 nitrogen and oxygen atoms in total. The fourth-order valence-corrected chi connectivity index (χ4v) is 3.91. The van der Waals surface area contributed by atoms with Gasteiger partial charge in [-0.15, -0.1) is 11.3 Å². The summed E-state index contributed by atoms with van der Waals surface area (Å²) in [4.78, 5) is 30.3. The minimum absolute atomic E-state index is 0.0559. The van der Waals surface area contributed by atoms with Gasteiger partial charge in [-0.25, -0.2) is 9.78 Å².